The molecule has 0 atom stereocenters. The number of hydrogen-bond donors (Lipinski definition) is 0. The van der Waals surface area contributed by atoms with E-state index in [2.05, 4.69) is 36.4 Å². The first kappa shape index (κ1) is 14.1. The van der Waals surface area contributed by atoms with Crippen LogP contribution in [0.25, 0.3) is 22.3 Å². The van der Waals surface area contributed by atoms with Crippen LogP contribution >= 0.6 is 0 Å². The molecule has 0 bridgehead atoms. The van der Waals surface area contributed by atoms with Crippen molar-refractivity contribution in [1.29, 1.82) is 0 Å². The average Bonchev–Trinajstić information content (AvgIpc) is 2.61. The van der Waals surface area contributed by atoms with Crippen molar-refractivity contribution in [2.24, 2.45) is 0 Å². The van der Waals surface area contributed by atoms with Crippen molar-refractivity contribution in [2.45, 2.75) is 0 Å². The van der Waals surface area contributed by atoms with Crippen molar-refractivity contribution in [3.05, 3.63) is 78.9 Å². The van der Waals surface area contributed by atoms with E-state index in [1.54, 1.807) is 0 Å². The maximum absolute atomic E-state index is 10.3. The van der Waals surface area contributed by atoms with Crippen molar-refractivity contribution in [3.63, 3.8) is 0 Å². The summed E-state index contributed by atoms with van der Waals surface area (Å²) in [6.07, 6.45) is 0.746. The SMILES string of the molecule is O=CCOc1ccc(-c2ccc(-c3ccccc3)cc2)cc1. The molecule has 0 N–H and O–H groups in total. The van der Waals surface area contributed by atoms with Crippen molar-refractivity contribution in [3.8, 4) is 28.0 Å². The number of ether oxygens (including phenoxy) is 1. The number of hydrogen-bond acceptors (Lipinski definition) is 2. The summed E-state index contributed by atoms with van der Waals surface area (Å²) in [6.45, 7) is 0.0884. The summed E-state index contributed by atoms with van der Waals surface area (Å²) in [6, 6.07) is 26.6. The number of rotatable bonds is 5. The molecular formula is C20H16O2. The summed E-state index contributed by atoms with van der Waals surface area (Å²) >= 11 is 0. The molecule has 2 heteroatoms. The first-order valence-corrected chi connectivity index (χ1v) is 7.19. The lowest BCUT2D eigenvalue weighted by Crippen LogP contribution is -1.97. The largest absolute Gasteiger partial charge is 0.486 e. The zero-order valence-electron chi connectivity index (χ0n) is 12.1. The third kappa shape index (κ3) is 3.23. The summed E-state index contributed by atoms with van der Waals surface area (Å²) in [4.78, 5) is 10.3. The second-order valence-electron chi connectivity index (χ2n) is 4.95. The number of aldehydes is 1. The minimum absolute atomic E-state index is 0.0884. The summed E-state index contributed by atoms with van der Waals surface area (Å²) < 4.78 is 5.25. The lowest BCUT2D eigenvalue weighted by atomic mass is 10.0. The second-order valence-corrected chi connectivity index (χ2v) is 4.95. The monoisotopic (exact) mass is 288 g/mol. The van der Waals surface area contributed by atoms with Crippen LogP contribution in [0.3, 0.4) is 0 Å². The Balaban J connectivity index is 1.79. The van der Waals surface area contributed by atoms with E-state index >= 15 is 0 Å². The summed E-state index contributed by atoms with van der Waals surface area (Å²) in [5.41, 5.74) is 4.70. The normalized spacial score (nSPS) is 10.2. The highest BCUT2D eigenvalue weighted by Crippen LogP contribution is 2.26. The maximum Gasteiger partial charge on any atom is 0.157 e. The van der Waals surface area contributed by atoms with Gasteiger partial charge in [0.05, 0.1) is 0 Å². The van der Waals surface area contributed by atoms with Crippen LogP contribution in [0.1, 0.15) is 0 Å². The molecule has 0 aliphatic carbocycles. The number of carbonyl (C=O) groups is 1. The molecule has 0 aliphatic heterocycles. The standard InChI is InChI=1S/C20H16O2/c21-14-15-22-20-12-10-19(11-13-20)18-8-6-17(7-9-18)16-4-2-1-3-5-16/h1-14H,15H2. The number of benzene rings is 3. The Morgan fingerprint density at radius 2 is 1.09 bits per heavy atom. The van der Waals surface area contributed by atoms with E-state index in [4.69, 9.17) is 4.74 Å². The van der Waals surface area contributed by atoms with Gasteiger partial charge >= 0.3 is 0 Å². The maximum atomic E-state index is 10.3. The quantitative estimate of drug-likeness (QED) is 0.641. The molecule has 0 heterocycles. The van der Waals surface area contributed by atoms with Gasteiger partial charge < -0.3 is 4.74 Å². The third-order valence-electron chi connectivity index (χ3n) is 3.50. The predicted octanol–water partition coefficient (Wildman–Crippen LogP) is 4.60. The second kappa shape index (κ2) is 6.72. The fourth-order valence-corrected chi connectivity index (χ4v) is 2.36. The van der Waals surface area contributed by atoms with Gasteiger partial charge in [0.25, 0.3) is 0 Å². The Labute approximate surface area is 130 Å². The molecule has 0 amide bonds. The van der Waals surface area contributed by atoms with Gasteiger partial charge in [0.2, 0.25) is 0 Å². The molecule has 0 unspecified atom stereocenters. The smallest absolute Gasteiger partial charge is 0.157 e. The van der Waals surface area contributed by atoms with Gasteiger partial charge in [-0.1, -0.05) is 66.7 Å². The van der Waals surface area contributed by atoms with Crippen LogP contribution in [0.2, 0.25) is 0 Å². The highest BCUT2D eigenvalue weighted by atomic mass is 16.5. The molecule has 22 heavy (non-hydrogen) atoms. The minimum atomic E-state index is 0.0884. The molecule has 3 aromatic rings. The van der Waals surface area contributed by atoms with Gasteiger partial charge in [-0.05, 0) is 34.4 Å². The lowest BCUT2D eigenvalue weighted by molar-refractivity contribution is -0.109. The molecule has 0 aromatic heterocycles. The summed E-state index contributed by atoms with van der Waals surface area (Å²) in [5.74, 6) is 0.705. The van der Waals surface area contributed by atoms with Crippen molar-refractivity contribution in [1.82, 2.24) is 0 Å². The first-order valence-electron chi connectivity index (χ1n) is 7.19. The molecule has 0 fully saturated rings. The summed E-state index contributed by atoms with van der Waals surface area (Å²) in [7, 11) is 0. The van der Waals surface area contributed by atoms with Gasteiger partial charge in [-0.25, -0.2) is 0 Å². The van der Waals surface area contributed by atoms with Crippen molar-refractivity contribution in [2.75, 3.05) is 6.61 Å². The Bertz CT molecular complexity index is 729. The predicted molar refractivity (Wildman–Crippen MR) is 88.9 cm³/mol. The van der Waals surface area contributed by atoms with E-state index in [0.717, 1.165) is 17.4 Å². The van der Waals surface area contributed by atoms with Crippen LogP contribution < -0.4 is 4.74 Å². The van der Waals surface area contributed by atoms with E-state index in [1.165, 1.54) is 11.1 Å². The third-order valence-corrected chi connectivity index (χ3v) is 3.50. The van der Waals surface area contributed by atoms with Crippen LogP contribution in [0.5, 0.6) is 5.75 Å². The van der Waals surface area contributed by atoms with Gasteiger partial charge in [0.1, 0.15) is 12.4 Å². The Hall–Kier alpha value is -2.87. The van der Waals surface area contributed by atoms with Crippen LogP contribution in [0, 0.1) is 0 Å². The molecule has 0 spiro atoms. The van der Waals surface area contributed by atoms with E-state index in [-0.39, 0.29) is 6.61 Å². The van der Waals surface area contributed by atoms with E-state index in [9.17, 15) is 4.79 Å². The Morgan fingerprint density at radius 3 is 1.59 bits per heavy atom. The van der Waals surface area contributed by atoms with E-state index in [1.807, 2.05) is 42.5 Å². The van der Waals surface area contributed by atoms with E-state index < -0.39 is 0 Å². The zero-order chi connectivity index (χ0) is 15.2. The van der Waals surface area contributed by atoms with Gasteiger partial charge in [0, 0.05) is 0 Å². The molecule has 3 rings (SSSR count). The molecular weight excluding hydrogens is 272 g/mol. The average molecular weight is 288 g/mol. The van der Waals surface area contributed by atoms with Crippen molar-refractivity contribution < 1.29 is 9.53 Å². The molecule has 0 saturated carbocycles. The minimum Gasteiger partial charge on any atom is -0.486 e. The fraction of sp³-hybridized carbons (Fsp3) is 0.0500. The fourth-order valence-electron chi connectivity index (χ4n) is 2.36. The molecule has 2 nitrogen and oxygen atoms in total. The highest BCUT2D eigenvalue weighted by Gasteiger charge is 2.01. The Kier molecular flexibility index (Phi) is 4.30. The van der Waals surface area contributed by atoms with Gasteiger partial charge in [-0.3, -0.25) is 4.79 Å². The molecule has 0 saturated heterocycles. The van der Waals surface area contributed by atoms with Crippen LogP contribution in [-0.4, -0.2) is 12.9 Å². The Morgan fingerprint density at radius 1 is 0.636 bits per heavy atom. The van der Waals surface area contributed by atoms with Crippen LogP contribution in [0.15, 0.2) is 78.9 Å². The molecule has 3 aromatic carbocycles. The first-order chi connectivity index (χ1) is 10.9. The van der Waals surface area contributed by atoms with Gasteiger partial charge in [0.15, 0.2) is 6.29 Å². The van der Waals surface area contributed by atoms with E-state index in [0.29, 0.717) is 5.75 Å². The topological polar surface area (TPSA) is 26.3 Å². The molecule has 0 aliphatic rings. The van der Waals surface area contributed by atoms with Crippen LogP contribution in [-0.2, 0) is 4.79 Å². The number of carbonyl (C=O) groups excluding carboxylic acids is 1. The molecule has 108 valence electrons. The summed E-state index contributed by atoms with van der Waals surface area (Å²) in [5, 5.41) is 0. The highest BCUT2D eigenvalue weighted by molar-refractivity contribution is 5.70. The molecule has 0 radical (unpaired) electrons. The van der Waals surface area contributed by atoms with Crippen molar-refractivity contribution >= 4 is 6.29 Å². The van der Waals surface area contributed by atoms with Gasteiger partial charge in [-0.2, -0.15) is 0 Å². The van der Waals surface area contributed by atoms with Gasteiger partial charge in [-0.15, -0.1) is 0 Å². The lowest BCUT2D eigenvalue weighted by Gasteiger charge is -2.06. The van der Waals surface area contributed by atoms with Crippen LogP contribution in [0.4, 0.5) is 0 Å². The zero-order valence-corrected chi connectivity index (χ0v) is 12.1.